The first-order valence-corrected chi connectivity index (χ1v) is 7.57. The minimum absolute atomic E-state index is 0.0677. The third kappa shape index (κ3) is 2.01. The second-order valence-corrected chi connectivity index (χ2v) is 6.23. The second kappa shape index (κ2) is 4.93. The molecule has 102 valence electrons. The Balaban J connectivity index is 1.83. The topological polar surface area (TPSA) is 35.5 Å². The SMILES string of the molecule is CC1COC2(O1)C(=O)CCCC2C1CCCCC1. The summed E-state index contributed by atoms with van der Waals surface area (Å²) in [5, 5.41) is 0. The van der Waals surface area contributed by atoms with Crippen LogP contribution in [0.4, 0.5) is 0 Å². The van der Waals surface area contributed by atoms with Crippen LogP contribution in [0, 0.1) is 11.8 Å². The lowest BCUT2D eigenvalue weighted by molar-refractivity contribution is -0.222. The fourth-order valence-electron chi connectivity index (χ4n) is 4.08. The standard InChI is InChI=1S/C15H24O3/c1-11-10-17-15(18-11)13(8-5-9-14(15)16)12-6-3-2-4-7-12/h11-13H,2-10H2,1H3. The maximum absolute atomic E-state index is 12.4. The molecule has 1 spiro atoms. The molecule has 0 N–H and O–H groups in total. The van der Waals surface area contributed by atoms with E-state index in [0.717, 1.165) is 12.8 Å². The molecule has 1 heterocycles. The van der Waals surface area contributed by atoms with Crippen LogP contribution in [-0.2, 0) is 14.3 Å². The van der Waals surface area contributed by atoms with E-state index in [4.69, 9.17) is 9.47 Å². The van der Waals surface area contributed by atoms with Crippen molar-refractivity contribution in [3.63, 3.8) is 0 Å². The van der Waals surface area contributed by atoms with E-state index in [1.165, 1.54) is 32.1 Å². The highest BCUT2D eigenvalue weighted by molar-refractivity contribution is 5.87. The molecule has 0 aromatic heterocycles. The molecule has 3 fully saturated rings. The van der Waals surface area contributed by atoms with Gasteiger partial charge in [-0.05, 0) is 38.5 Å². The number of hydrogen-bond donors (Lipinski definition) is 0. The number of hydrogen-bond acceptors (Lipinski definition) is 3. The lowest BCUT2D eigenvalue weighted by Crippen LogP contribution is -2.52. The van der Waals surface area contributed by atoms with Crippen LogP contribution in [0.25, 0.3) is 0 Å². The van der Waals surface area contributed by atoms with Crippen molar-refractivity contribution in [2.24, 2.45) is 11.8 Å². The molecule has 3 unspecified atom stereocenters. The lowest BCUT2D eigenvalue weighted by Gasteiger charge is -2.43. The first-order valence-electron chi connectivity index (χ1n) is 7.57. The van der Waals surface area contributed by atoms with Crippen LogP contribution in [0.3, 0.4) is 0 Å². The molecule has 2 aliphatic carbocycles. The number of Topliss-reactive ketones (excluding diaryl/α,β-unsaturated/α-hetero) is 1. The number of carbonyl (C=O) groups is 1. The molecule has 0 aromatic rings. The van der Waals surface area contributed by atoms with Gasteiger partial charge >= 0.3 is 0 Å². The molecule has 3 nitrogen and oxygen atoms in total. The van der Waals surface area contributed by atoms with Crippen molar-refractivity contribution in [2.75, 3.05) is 6.61 Å². The Bertz CT molecular complexity index is 322. The van der Waals surface area contributed by atoms with E-state index in [9.17, 15) is 4.79 Å². The Kier molecular flexibility index (Phi) is 3.46. The number of carbonyl (C=O) groups excluding carboxylic acids is 1. The zero-order chi connectivity index (χ0) is 12.6. The summed E-state index contributed by atoms with van der Waals surface area (Å²) in [4.78, 5) is 12.4. The van der Waals surface area contributed by atoms with Crippen LogP contribution in [0.1, 0.15) is 58.3 Å². The van der Waals surface area contributed by atoms with Crippen molar-refractivity contribution in [1.29, 1.82) is 0 Å². The maximum Gasteiger partial charge on any atom is 0.232 e. The molecule has 3 heteroatoms. The summed E-state index contributed by atoms with van der Waals surface area (Å²) >= 11 is 0. The highest BCUT2D eigenvalue weighted by atomic mass is 16.7. The van der Waals surface area contributed by atoms with Crippen LogP contribution in [0.15, 0.2) is 0 Å². The molecule has 3 aliphatic rings. The summed E-state index contributed by atoms with van der Waals surface area (Å²) in [5.41, 5.74) is 0. The largest absolute Gasteiger partial charge is 0.341 e. The zero-order valence-corrected chi connectivity index (χ0v) is 11.3. The van der Waals surface area contributed by atoms with E-state index in [2.05, 4.69) is 0 Å². The Labute approximate surface area is 109 Å². The molecule has 3 atom stereocenters. The fourth-order valence-corrected chi connectivity index (χ4v) is 4.08. The molecule has 3 rings (SSSR count). The maximum atomic E-state index is 12.4. The molecule has 1 saturated heterocycles. The number of rotatable bonds is 1. The van der Waals surface area contributed by atoms with E-state index < -0.39 is 5.79 Å². The van der Waals surface area contributed by atoms with Gasteiger partial charge in [-0.2, -0.15) is 0 Å². The first-order chi connectivity index (χ1) is 8.72. The molecular weight excluding hydrogens is 228 g/mol. The summed E-state index contributed by atoms with van der Waals surface area (Å²) in [7, 11) is 0. The molecule has 0 bridgehead atoms. The average Bonchev–Trinajstić information content (AvgIpc) is 2.77. The summed E-state index contributed by atoms with van der Waals surface area (Å²) < 4.78 is 11.9. The number of ether oxygens (including phenoxy) is 2. The molecular formula is C15H24O3. The molecule has 0 amide bonds. The minimum atomic E-state index is -0.861. The van der Waals surface area contributed by atoms with Crippen molar-refractivity contribution in [1.82, 2.24) is 0 Å². The van der Waals surface area contributed by atoms with Gasteiger partial charge in [0, 0.05) is 12.3 Å². The first kappa shape index (κ1) is 12.6. The van der Waals surface area contributed by atoms with Crippen molar-refractivity contribution in [3.8, 4) is 0 Å². The lowest BCUT2D eigenvalue weighted by atomic mass is 9.69. The van der Waals surface area contributed by atoms with Crippen LogP contribution in [0.5, 0.6) is 0 Å². The monoisotopic (exact) mass is 252 g/mol. The van der Waals surface area contributed by atoms with Gasteiger partial charge in [0.2, 0.25) is 5.79 Å². The summed E-state index contributed by atoms with van der Waals surface area (Å²) in [6, 6.07) is 0. The fraction of sp³-hybridized carbons (Fsp3) is 0.933. The van der Waals surface area contributed by atoms with Crippen LogP contribution < -0.4 is 0 Å². The van der Waals surface area contributed by atoms with Gasteiger partial charge < -0.3 is 9.47 Å². The van der Waals surface area contributed by atoms with Crippen LogP contribution in [-0.4, -0.2) is 24.3 Å². The van der Waals surface area contributed by atoms with E-state index in [-0.39, 0.29) is 11.9 Å². The van der Waals surface area contributed by atoms with Gasteiger partial charge in [0.05, 0.1) is 12.7 Å². The Morgan fingerprint density at radius 3 is 2.56 bits per heavy atom. The predicted octanol–water partition coefficient (Wildman–Crippen LogP) is 3.07. The van der Waals surface area contributed by atoms with Gasteiger partial charge in [-0.15, -0.1) is 0 Å². The van der Waals surface area contributed by atoms with Crippen molar-refractivity contribution in [3.05, 3.63) is 0 Å². The third-order valence-electron chi connectivity index (χ3n) is 4.92. The van der Waals surface area contributed by atoms with Crippen LogP contribution >= 0.6 is 0 Å². The zero-order valence-electron chi connectivity index (χ0n) is 11.3. The highest BCUT2D eigenvalue weighted by Gasteiger charge is 2.56. The molecule has 0 radical (unpaired) electrons. The highest BCUT2D eigenvalue weighted by Crippen LogP contribution is 2.47. The Morgan fingerprint density at radius 2 is 1.89 bits per heavy atom. The van der Waals surface area contributed by atoms with Gasteiger partial charge in [0.1, 0.15) is 0 Å². The van der Waals surface area contributed by atoms with E-state index in [1.807, 2.05) is 6.92 Å². The normalized spacial score (nSPS) is 42.6. The number of ketones is 1. The van der Waals surface area contributed by atoms with E-state index in [0.29, 0.717) is 24.9 Å². The molecule has 0 aromatic carbocycles. The molecule has 18 heavy (non-hydrogen) atoms. The second-order valence-electron chi connectivity index (χ2n) is 6.23. The van der Waals surface area contributed by atoms with E-state index >= 15 is 0 Å². The predicted molar refractivity (Wildman–Crippen MR) is 68.2 cm³/mol. The van der Waals surface area contributed by atoms with Gasteiger partial charge in [-0.25, -0.2) is 0 Å². The summed E-state index contributed by atoms with van der Waals surface area (Å²) in [6.07, 6.45) is 9.28. The average molecular weight is 252 g/mol. The molecule has 1 aliphatic heterocycles. The van der Waals surface area contributed by atoms with Crippen LogP contribution in [0.2, 0.25) is 0 Å². The quantitative estimate of drug-likeness (QED) is 0.719. The van der Waals surface area contributed by atoms with Crippen molar-refractivity contribution < 1.29 is 14.3 Å². The van der Waals surface area contributed by atoms with Crippen molar-refractivity contribution >= 4 is 5.78 Å². The van der Waals surface area contributed by atoms with Gasteiger partial charge in [-0.1, -0.05) is 19.3 Å². The minimum Gasteiger partial charge on any atom is -0.341 e. The van der Waals surface area contributed by atoms with Gasteiger partial charge in [0.25, 0.3) is 0 Å². The van der Waals surface area contributed by atoms with E-state index in [1.54, 1.807) is 0 Å². The van der Waals surface area contributed by atoms with Gasteiger partial charge in [-0.3, -0.25) is 4.79 Å². The summed E-state index contributed by atoms with van der Waals surface area (Å²) in [5.74, 6) is 0.283. The summed E-state index contributed by atoms with van der Waals surface area (Å²) in [6.45, 7) is 2.59. The Morgan fingerprint density at radius 1 is 1.11 bits per heavy atom. The van der Waals surface area contributed by atoms with Gasteiger partial charge in [0.15, 0.2) is 5.78 Å². The Hall–Kier alpha value is -0.410. The smallest absolute Gasteiger partial charge is 0.232 e. The molecule has 2 saturated carbocycles. The third-order valence-corrected chi connectivity index (χ3v) is 4.92. The van der Waals surface area contributed by atoms with Crippen molar-refractivity contribution in [2.45, 2.75) is 70.2 Å².